The Morgan fingerprint density at radius 3 is 2.45 bits per heavy atom. The second-order valence-electron chi connectivity index (χ2n) is 8.84. The SMILES string of the molecule is CN(CC(=O)Nc1cc(C(C)(C)C)nn1-c1ccc(F)cc1)C1=NS(=O)(=O)c2ccccc21. The van der Waals surface area contributed by atoms with E-state index in [-0.39, 0.29) is 34.4 Å². The van der Waals surface area contributed by atoms with Crippen molar-refractivity contribution in [3.8, 4) is 5.69 Å². The van der Waals surface area contributed by atoms with E-state index in [0.717, 1.165) is 5.69 Å². The number of anilines is 1. The molecule has 0 spiro atoms. The molecule has 0 aliphatic carbocycles. The van der Waals surface area contributed by atoms with Gasteiger partial charge in [-0.25, -0.2) is 9.07 Å². The van der Waals surface area contributed by atoms with Gasteiger partial charge in [0.15, 0.2) is 5.84 Å². The standard InChI is InChI=1S/C23H24FN5O3S/c1-23(2,3)19-13-20(29(26-19)16-11-9-15(24)10-12-16)25-21(30)14-28(4)22-17-7-5-6-8-18(17)33(31,32)27-22/h5-13H,14H2,1-4H3,(H,25,30). The van der Waals surface area contributed by atoms with Gasteiger partial charge in [-0.2, -0.15) is 13.5 Å². The molecule has 0 unspecified atom stereocenters. The largest absolute Gasteiger partial charge is 0.349 e. The maximum atomic E-state index is 13.4. The lowest BCUT2D eigenvalue weighted by Gasteiger charge is -2.18. The summed E-state index contributed by atoms with van der Waals surface area (Å²) in [4.78, 5) is 14.5. The summed E-state index contributed by atoms with van der Waals surface area (Å²) in [5, 5.41) is 7.44. The van der Waals surface area contributed by atoms with Gasteiger partial charge in [0.1, 0.15) is 16.5 Å². The van der Waals surface area contributed by atoms with Crippen LogP contribution in [0.3, 0.4) is 0 Å². The minimum Gasteiger partial charge on any atom is -0.349 e. The average molecular weight is 470 g/mol. The first-order valence-corrected chi connectivity index (χ1v) is 11.7. The second kappa shape index (κ2) is 8.11. The average Bonchev–Trinajstić information content (AvgIpc) is 3.28. The number of sulfonamides is 1. The van der Waals surface area contributed by atoms with Gasteiger partial charge in [-0.15, -0.1) is 4.40 Å². The Morgan fingerprint density at radius 1 is 1.12 bits per heavy atom. The number of amidine groups is 1. The van der Waals surface area contributed by atoms with Gasteiger partial charge in [0.25, 0.3) is 10.0 Å². The van der Waals surface area contributed by atoms with Crippen LogP contribution in [0.25, 0.3) is 5.69 Å². The number of hydrogen-bond donors (Lipinski definition) is 1. The number of carbonyl (C=O) groups excluding carboxylic acids is 1. The second-order valence-corrected chi connectivity index (χ2v) is 10.4. The third-order valence-corrected chi connectivity index (χ3v) is 6.50. The van der Waals surface area contributed by atoms with E-state index in [1.165, 1.54) is 23.1 Å². The van der Waals surface area contributed by atoms with Crippen LogP contribution in [-0.2, 0) is 20.2 Å². The van der Waals surface area contributed by atoms with Crippen molar-refractivity contribution in [2.45, 2.75) is 31.1 Å². The van der Waals surface area contributed by atoms with Crippen LogP contribution in [0.4, 0.5) is 10.2 Å². The van der Waals surface area contributed by atoms with Gasteiger partial charge in [0, 0.05) is 24.1 Å². The predicted octanol–water partition coefficient (Wildman–Crippen LogP) is 3.33. The van der Waals surface area contributed by atoms with Crippen molar-refractivity contribution in [3.63, 3.8) is 0 Å². The number of fused-ring (bicyclic) bond motifs is 1. The summed E-state index contributed by atoms with van der Waals surface area (Å²) in [6, 6.07) is 14.1. The lowest BCUT2D eigenvalue weighted by atomic mass is 9.92. The number of benzene rings is 2. The van der Waals surface area contributed by atoms with E-state index >= 15 is 0 Å². The zero-order valence-corrected chi connectivity index (χ0v) is 19.5. The zero-order chi connectivity index (χ0) is 24.0. The predicted molar refractivity (Wildman–Crippen MR) is 124 cm³/mol. The van der Waals surface area contributed by atoms with Crippen LogP contribution >= 0.6 is 0 Å². The first-order valence-electron chi connectivity index (χ1n) is 10.3. The number of carbonyl (C=O) groups is 1. The molecule has 172 valence electrons. The quantitative estimate of drug-likeness (QED) is 0.632. The van der Waals surface area contributed by atoms with E-state index in [2.05, 4.69) is 14.8 Å². The maximum absolute atomic E-state index is 13.4. The molecule has 10 heteroatoms. The van der Waals surface area contributed by atoms with Crippen LogP contribution in [0.2, 0.25) is 0 Å². The molecule has 1 aliphatic heterocycles. The molecule has 2 aromatic carbocycles. The fourth-order valence-electron chi connectivity index (χ4n) is 3.45. The first-order chi connectivity index (χ1) is 15.5. The van der Waals surface area contributed by atoms with Gasteiger partial charge in [-0.1, -0.05) is 32.9 Å². The van der Waals surface area contributed by atoms with Crippen molar-refractivity contribution in [3.05, 3.63) is 71.7 Å². The van der Waals surface area contributed by atoms with E-state index < -0.39 is 10.0 Å². The highest BCUT2D eigenvalue weighted by atomic mass is 32.2. The highest BCUT2D eigenvalue weighted by Crippen LogP contribution is 2.28. The normalized spacial score (nSPS) is 14.5. The molecule has 0 atom stereocenters. The Kier molecular flexibility index (Phi) is 5.57. The lowest BCUT2D eigenvalue weighted by molar-refractivity contribution is -0.116. The van der Waals surface area contributed by atoms with Gasteiger partial charge in [-0.05, 0) is 36.4 Å². The highest BCUT2D eigenvalue weighted by Gasteiger charge is 2.31. The minimum absolute atomic E-state index is 0.122. The molecule has 0 bridgehead atoms. The first kappa shape index (κ1) is 22.7. The van der Waals surface area contributed by atoms with Crippen LogP contribution in [0.5, 0.6) is 0 Å². The number of rotatable bonds is 4. The molecule has 0 saturated heterocycles. The number of nitrogens with one attached hydrogen (secondary N) is 1. The fraction of sp³-hybridized carbons (Fsp3) is 0.261. The molecule has 3 aromatic rings. The third kappa shape index (κ3) is 4.51. The van der Waals surface area contributed by atoms with Crippen molar-refractivity contribution in [2.24, 2.45) is 4.40 Å². The summed E-state index contributed by atoms with van der Waals surface area (Å²) in [5.74, 6) is -0.123. The summed E-state index contributed by atoms with van der Waals surface area (Å²) >= 11 is 0. The molecule has 2 heterocycles. The summed E-state index contributed by atoms with van der Waals surface area (Å²) < 4.78 is 43.4. The molecule has 1 aromatic heterocycles. The lowest BCUT2D eigenvalue weighted by Crippen LogP contribution is -2.35. The van der Waals surface area contributed by atoms with Crippen LogP contribution in [0, 0.1) is 5.82 Å². The Morgan fingerprint density at radius 2 is 1.79 bits per heavy atom. The molecule has 0 radical (unpaired) electrons. The smallest absolute Gasteiger partial charge is 0.285 e. The van der Waals surface area contributed by atoms with Crippen molar-refractivity contribution < 1.29 is 17.6 Å². The number of nitrogens with zero attached hydrogens (tertiary/aromatic N) is 4. The summed E-state index contributed by atoms with van der Waals surface area (Å²) in [6.07, 6.45) is 0. The third-order valence-electron chi connectivity index (χ3n) is 5.17. The zero-order valence-electron chi connectivity index (χ0n) is 18.7. The van der Waals surface area contributed by atoms with E-state index in [1.807, 2.05) is 20.8 Å². The summed E-state index contributed by atoms with van der Waals surface area (Å²) in [5.41, 5.74) is 1.52. The Bertz CT molecular complexity index is 1360. The minimum atomic E-state index is -3.78. The van der Waals surface area contributed by atoms with Gasteiger partial charge in [0.2, 0.25) is 5.91 Å². The molecule has 0 saturated carbocycles. The van der Waals surface area contributed by atoms with E-state index in [0.29, 0.717) is 17.1 Å². The molecule has 1 aliphatic rings. The number of hydrogen-bond acceptors (Lipinski definition) is 5. The molecule has 0 fully saturated rings. The number of aromatic nitrogens is 2. The van der Waals surface area contributed by atoms with Crippen molar-refractivity contribution in [2.75, 3.05) is 18.9 Å². The molecular formula is C23H24FN5O3S. The van der Waals surface area contributed by atoms with Gasteiger partial charge in [-0.3, -0.25) is 4.79 Å². The van der Waals surface area contributed by atoms with Crippen molar-refractivity contribution in [1.29, 1.82) is 0 Å². The van der Waals surface area contributed by atoms with Gasteiger partial charge >= 0.3 is 0 Å². The van der Waals surface area contributed by atoms with Gasteiger partial charge < -0.3 is 10.2 Å². The van der Waals surface area contributed by atoms with Crippen molar-refractivity contribution in [1.82, 2.24) is 14.7 Å². The van der Waals surface area contributed by atoms with E-state index in [9.17, 15) is 17.6 Å². The van der Waals surface area contributed by atoms with Crippen LogP contribution in [0.1, 0.15) is 32.0 Å². The molecule has 1 N–H and O–H groups in total. The molecule has 1 amide bonds. The van der Waals surface area contributed by atoms with E-state index in [4.69, 9.17) is 0 Å². The van der Waals surface area contributed by atoms with Gasteiger partial charge in [0.05, 0.1) is 17.9 Å². The Hall–Kier alpha value is -3.53. The topological polar surface area (TPSA) is 96.7 Å². The Labute approximate surface area is 191 Å². The van der Waals surface area contributed by atoms with E-state index in [1.54, 1.807) is 48.1 Å². The molecule has 33 heavy (non-hydrogen) atoms. The summed E-state index contributed by atoms with van der Waals surface area (Å²) in [7, 11) is -2.18. The van der Waals surface area contributed by atoms with Crippen molar-refractivity contribution >= 4 is 27.6 Å². The maximum Gasteiger partial charge on any atom is 0.285 e. The van der Waals surface area contributed by atoms with Crippen LogP contribution in [-0.4, -0.2) is 48.4 Å². The molecular weight excluding hydrogens is 445 g/mol. The monoisotopic (exact) mass is 469 g/mol. The summed E-state index contributed by atoms with van der Waals surface area (Å²) in [6.45, 7) is 5.86. The fourth-order valence-corrected chi connectivity index (χ4v) is 4.70. The van der Waals surface area contributed by atoms with Crippen LogP contribution < -0.4 is 5.32 Å². The molecule has 8 nitrogen and oxygen atoms in total. The number of likely N-dealkylation sites (N-methyl/N-ethyl adjacent to an activating group) is 1. The number of halogens is 1. The Balaban J connectivity index is 1.59. The highest BCUT2D eigenvalue weighted by molar-refractivity contribution is 7.90. The van der Waals surface area contributed by atoms with Crippen LogP contribution in [0.15, 0.2) is 63.9 Å². The molecule has 4 rings (SSSR count). The number of amides is 1.